The third kappa shape index (κ3) is 1.81. The third-order valence-electron chi connectivity index (χ3n) is 4.04. The van der Waals surface area contributed by atoms with E-state index in [0.29, 0.717) is 12.0 Å². The van der Waals surface area contributed by atoms with Gasteiger partial charge < -0.3 is 5.11 Å². The first-order valence-electron chi connectivity index (χ1n) is 6.41. The summed E-state index contributed by atoms with van der Waals surface area (Å²) in [4.78, 5) is 12.6. The molecule has 0 aromatic heterocycles. The number of carbonyl (C=O) groups excluding carboxylic acids is 1. The molecule has 0 saturated heterocycles. The van der Waals surface area contributed by atoms with Crippen molar-refractivity contribution < 1.29 is 9.90 Å². The highest BCUT2D eigenvalue weighted by Crippen LogP contribution is 2.42. The summed E-state index contributed by atoms with van der Waals surface area (Å²) in [5.74, 6) is -0.146. The second-order valence-corrected chi connectivity index (χ2v) is 5.57. The van der Waals surface area contributed by atoms with Crippen molar-refractivity contribution in [2.75, 3.05) is 0 Å². The van der Waals surface area contributed by atoms with Gasteiger partial charge >= 0.3 is 0 Å². The average molecular weight is 244 g/mol. The summed E-state index contributed by atoms with van der Waals surface area (Å²) in [5, 5.41) is 10.8. The summed E-state index contributed by atoms with van der Waals surface area (Å²) >= 11 is 0. The zero-order chi connectivity index (χ0) is 13.4. The molecule has 0 fully saturated rings. The molecule has 1 aliphatic rings. The third-order valence-corrected chi connectivity index (χ3v) is 4.04. The van der Waals surface area contributed by atoms with E-state index in [0.717, 1.165) is 12.0 Å². The predicted octanol–water partition coefficient (Wildman–Crippen LogP) is 3.15. The molecule has 96 valence electrons. The summed E-state index contributed by atoms with van der Waals surface area (Å²) in [6, 6.07) is 7.57. The summed E-state index contributed by atoms with van der Waals surface area (Å²) in [7, 11) is 0. The lowest BCUT2D eigenvalue weighted by molar-refractivity contribution is -0.0286. The maximum atomic E-state index is 12.6. The van der Waals surface area contributed by atoms with Gasteiger partial charge in [0, 0.05) is 11.0 Å². The van der Waals surface area contributed by atoms with E-state index in [1.54, 1.807) is 0 Å². The molecule has 0 unspecified atom stereocenters. The Morgan fingerprint density at radius 2 is 2.00 bits per heavy atom. The van der Waals surface area contributed by atoms with Crippen LogP contribution in [0.2, 0.25) is 0 Å². The number of allylic oxidation sites excluding steroid dienone is 1. The molecule has 2 nitrogen and oxygen atoms in total. The molecule has 0 radical (unpaired) electrons. The summed E-state index contributed by atoms with van der Waals surface area (Å²) in [5.41, 5.74) is -0.132. The highest BCUT2D eigenvalue weighted by Gasteiger charge is 2.50. The minimum atomic E-state index is -1.30. The smallest absolute Gasteiger partial charge is 0.195 e. The highest BCUT2D eigenvalue weighted by atomic mass is 16.3. The number of ketones is 1. The number of aryl methyl sites for hydroxylation is 1. The topological polar surface area (TPSA) is 37.3 Å². The maximum Gasteiger partial charge on any atom is 0.195 e. The van der Waals surface area contributed by atoms with Gasteiger partial charge in [0.25, 0.3) is 0 Å². The average Bonchev–Trinajstić information content (AvgIpc) is 2.34. The van der Waals surface area contributed by atoms with Crippen molar-refractivity contribution in [2.45, 2.75) is 39.2 Å². The van der Waals surface area contributed by atoms with Gasteiger partial charge in [-0.1, -0.05) is 50.3 Å². The number of Topliss-reactive ketones (excluding diaryl/α,β-unsaturated/α-hetero) is 1. The largest absolute Gasteiger partial charge is 0.381 e. The molecule has 2 heteroatoms. The minimum Gasteiger partial charge on any atom is -0.381 e. The number of aliphatic hydroxyl groups is 1. The van der Waals surface area contributed by atoms with Crippen LogP contribution in [0.4, 0.5) is 0 Å². The number of benzene rings is 1. The number of carbonyl (C=O) groups is 1. The molecule has 0 spiro atoms. The number of hydrogen-bond donors (Lipinski definition) is 1. The maximum absolute atomic E-state index is 12.6. The van der Waals surface area contributed by atoms with Crippen LogP contribution in [0, 0.1) is 5.41 Å². The van der Waals surface area contributed by atoms with E-state index in [9.17, 15) is 9.90 Å². The highest BCUT2D eigenvalue weighted by molar-refractivity contribution is 6.05. The minimum absolute atomic E-state index is 0.146. The predicted molar refractivity (Wildman–Crippen MR) is 72.6 cm³/mol. The zero-order valence-electron chi connectivity index (χ0n) is 11.2. The molecule has 18 heavy (non-hydrogen) atoms. The molecule has 0 bridgehead atoms. The van der Waals surface area contributed by atoms with Crippen molar-refractivity contribution in [3.8, 4) is 0 Å². The Bertz CT molecular complexity index is 500. The van der Waals surface area contributed by atoms with E-state index in [1.165, 1.54) is 0 Å². The molecular weight excluding hydrogens is 224 g/mol. The van der Waals surface area contributed by atoms with Crippen LogP contribution in [0.1, 0.15) is 43.1 Å². The van der Waals surface area contributed by atoms with E-state index in [2.05, 4.69) is 0 Å². The van der Waals surface area contributed by atoms with E-state index >= 15 is 0 Å². The van der Waals surface area contributed by atoms with Gasteiger partial charge in [-0.05, 0) is 25.3 Å². The van der Waals surface area contributed by atoms with Crippen LogP contribution in [0.25, 0.3) is 0 Å². The lowest BCUT2D eigenvalue weighted by atomic mass is 9.65. The quantitative estimate of drug-likeness (QED) is 0.811. The molecule has 1 aromatic rings. The van der Waals surface area contributed by atoms with Crippen molar-refractivity contribution in [1.82, 2.24) is 0 Å². The van der Waals surface area contributed by atoms with Crippen LogP contribution in [0.15, 0.2) is 36.4 Å². The van der Waals surface area contributed by atoms with Crippen molar-refractivity contribution >= 4 is 5.78 Å². The van der Waals surface area contributed by atoms with Gasteiger partial charge in [-0.25, -0.2) is 0 Å². The molecule has 1 atom stereocenters. The zero-order valence-corrected chi connectivity index (χ0v) is 11.2. The Morgan fingerprint density at radius 3 is 2.67 bits per heavy atom. The number of rotatable bonds is 2. The van der Waals surface area contributed by atoms with Gasteiger partial charge in [0.1, 0.15) is 5.60 Å². The molecule has 0 aliphatic heterocycles. The van der Waals surface area contributed by atoms with Crippen LogP contribution in [-0.2, 0) is 6.42 Å². The molecule has 0 heterocycles. The van der Waals surface area contributed by atoms with Crippen LogP contribution < -0.4 is 0 Å². The summed E-state index contributed by atoms with van der Waals surface area (Å²) in [6.45, 7) is 5.74. The molecule has 1 N–H and O–H groups in total. The first-order chi connectivity index (χ1) is 8.42. The standard InChI is InChI=1S/C16H20O2/c1-4-10-15(2,3)16(18)11-9-12-7-5-6-8-13(12)14(16)17/h4-8,10,18H,9,11H2,1-3H3/b10-4+/t16-/m0/s1. The Labute approximate surface area is 108 Å². The fourth-order valence-electron chi connectivity index (χ4n) is 2.78. The van der Waals surface area contributed by atoms with Crippen LogP contribution in [-0.4, -0.2) is 16.5 Å². The summed E-state index contributed by atoms with van der Waals surface area (Å²) in [6.07, 6.45) is 5.05. The monoisotopic (exact) mass is 244 g/mol. The van der Waals surface area contributed by atoms with Crippen molar-refractivity contribution in [3.63, 3.8) is 0 Å². The molecule has 1 aliphatic carbocycles. The molecule has 0 saturated carbocycles. The van der Waals surface area contributed by atoms with Crippen molar-refractivity contribution in [2.24, 2.45) is 5.41 Å². The molecule has 1 aromatic carbocycles. The summed E-state index contributed by atoms with van der Waals surface area (Å²) < 4.78 is 0. The number of fused-ring (bicyclic) bond motifs is 1. The molecular formula is C16H20O2. The Hall–Kier alpha value is -1.41. The van der Waals surface area contributed by atoms with Gasteiger partial charge in [0.2, 0.25) is 0 Å². The fraction of sp³-hybridized carbons (Fsp3) is 0.438. The van der Waals surface area contributed by atoms with Gasteiger partial charge in [-0.2, -0.15) is 0 Å². The van der Waals surface area contributed by atoms with Crippen LogP contribution in [0.3, 0.4) is 0 Å². The van der Waals surface area contributed by atoms with Crippen molar-refractivity contribution in [3.05, 3.63) is 47.5 Å². The first-order valence-corrected chi connectivity index (χ1v) is 6.41. The second-order valence-electron chi connectivity index (χ2n) is 5.57. The van der Waals surface area contributed by atoms with E-state index in [4.69, 9.17) is 0 Å². The Kier molecular flexibility index (Phi) is 3.16. The first kappa shape index (κ1) is 13.0. The van der Waals surface area contributed by atoms with E-state index in [1.807, 2.05) is 57.2 Å². The SMILES string of the molecule is C/C=C/C(C)(C)[C@]1(O)CCc2ccccc2C1=O. The Morgan fingerprint density at radius 1 is 1.33 bits per heavy atom. The van der Waals surface area contributed by atoms with Gasteiger partial charge in [0.05, 0.1) is 0 Å². The lowest BCUT2D eigenvalue weighted by Gasteiger charge is -2.42. The normalized spacial score (nSPS) is 24.3. The molecule has 2 rings (SSSR count). The fourth-order valence-corrected chi connectivity index (χ4v) is 2.78. The lowest BCUT2D eigenvalue weighted by Crippen LogP contribution is -2.53. The van der Waals surface area contributed by atoms with Gasteiger partial charge in [-0.15, -0.1) is 0 Å². The molecule has 0 amide bonds. The van der Waals surface area contributed by atoms with E-state index in [-0.39, 0.29) is 5.78 Å². The van der Waals surface area contributed by atoms with Gasteiger partial charge in [0.15, 0.2) is 5.78 Å². The number of hydrogen-bond acceptors (Lipinski definition) is 2. The second kappa shape index (κ2) is 4.36. The van der Waals surface area contributed by atoms with E-state index < -0.39 is 11.0 Å². The van der Waals surface area contributed by atoms with Gasteiger partial charge in [-0.3, -0.25) is 4.79 Å². The van der Waals surface area contributed by atoms with Crippen molar-refractivity contribution in [1.29, 1.82) is 0 Å². The van der Waals surface area contributed by atoms with Crippen LogP contribution in [0.5, 0.6) is 0 Å². The Balaban J connectivity index is 2.48. The van der Waals surface area contributed by atoms with Crippen LogP contribution >= 0.6 is 0 Å².